The molecule has 0 saturated carbocycles. The Balaban J connectivity index is 1.84. The maximum absolute atomic E-state index is 12.4. The zero-order valence-corrected chi connectivity index (χ0v) is 14.7. The summed E-state index contributed by atoms with van der Waals surface area (Å²) in [4.78, 5) is 16.7. The van der Waals surface area contributed by atoms with Crippen LogP contribution in [0.15, 0.2) is 60.8 Å². The third-order valence-corrected chi connectivity index (χ3v) is 4.14. The van der Waals surface area contributed by atoms with Crippen molar-refractivity contribution in [3.05, 3.63) is 77.5 Å². The first-order valence-electron chi connectivity index (χ1n) is 8.34. The smallest absolute Gasteiger partial charge is 0.255 e. The summed E-state index contributed by atoms with van der Waals surface area (Å²) in [5.74, 6) is -0.280. The number of aliphatic hydroxyl groups is 1. The van der Waals surface area contributed by atoms with Gasteiger partial charge in [-0.3, -0.25) is 9.78 Å². The first kappa shape index (κ1) is 18.1. The van der Waals surface area contributed by atoms with E-state index >= 15 is 0 Å². The van der Waals surface area contributed by atoms with Crippen molar-refractivity contribution in [2.24, 2.45) is 0 Å². The molecule has 3 aromatic rings. The lowest BCUT2D eigenvalue weighted by Gasteiger charge is -2.10. The number of pyridine rings is 1. The van der Waals surface area contributed by atoms with Crippen molar-refractivity contribution in [3.63, 3.8) is 0 Å². The van der Waals surface area contributed by atoms with Crippen LogP contribution in [0.2, 0.25) is 0 Å². The van der Waals surface area contributed by atoms with E-state index in [9.17, 15) is 15.2 Å². The predicted octanol–water partition coefficient (Wildman–Crippen LogP) is 3.51. The van der Waals surface area contributed by atoms with Crippen molar-refractivity contribution in [2.75, 3.05) is 11.1 Å². The molecule has 27 heavy (non-hydrogen) atoms. The molecule has 1 aromatic heterocycles. The fourth-order valence-corrected chi connectivity index (χ4v) is 2.61. The Morgan fingerprint density at radius 2 is 1.93 bits per heavy atom. The number of para-hydroxylation sites is 2. The molecule has 1 amide bonds. The van der Waals surface area contributed by atoms with Gasteiger partial charge in [-0.15, -0.1) is 0 Å². The molecule has 3 rings (SSSR count). The zero-order valence-electron chi connectivity index (χ0n) is 14.7. The van der Waals surface area contributed by atoms with Crippen LogP contribution in [0.25, 0.3) is 11.3 Å². The van der Waals surface area contributed by atoms with Crippen molar-refractivity contribution in [3.8, 4) is 17.3 Å². The fraction of sp³-hybridized carbons (Fsp3) is 0.0952. The van der Waals surface area contributed by atoms with Crippen molar-refractivity contribution >= 4 is 17.3 Å². The third kappa shape index (κ3) is 3.94. The highest BCUT2D eigenvalue weighted by atomic mass is 16.3. The van der Waals surface area contributed by atoms with Gasteiger partial charge in [-0.2, -0.15) is 5.26 Å². The quantitative estimate of drug-likeness (QED) is 0.618. The van der Waals surface area contributed by atoms with Crippen molar-refractivity contribution in [2.45, 2.75) is 13.0 Å². The number of aromatic nitrogens is 1. The van der Waals surface area contributed by atoms with Gasteiger partial charge in [0.2, 0.25) is 0 Å². The molecule has 1 unspecified atom stereocenters. The van der Waals surface area contributed by atoms with Crippen LogP contribution in [0, 0.1) is 11.3 Å². The summed E-state index contributed by atoms with van der Waals surface area (Å²) in [6.07, 6.45) is 0.842. The van der Waals surface area contributed by atoms with Gasteiger partial charge in [0.25, 0.3) is 5.91 Å². The molecule has 0 bridgehead atoms. The van der Waals surface area contributed by atoms with Crippen LogP contribution in [0.4, 0.5) is 11.4 Å². The van der Waals surface area contributed by atoms with Crippen molar-refractivity contribution in [1.29, 1.82) is 5.26 Å². The maximum atomic E-state index is 12.4. The highest BCUT2D eigenvalue weighted by Gasteiger charge is 2.12. The molecule has 1 heterocycles. The minimum atomic E-state index is -0.699. The van der Waals surface area contributed by atoms with E-state index in [1.807, 2.05) is 0 Å². The van der Waals surface area contributed by atoms with Gasteiger partial charge in [0.05, 0.1) is 28.7 Å². The molecule has 6 nitrogen and oxygen atoms in total. The monoisotopic (exact) mass is 358 g/mol. The van der Waals surface area contributed by atoms with E-state index in [-0.39, 0.29) is 5.91 Å². The lowest BCUT2D eigenvalue weighted by molar-refractivity contribution is 0.102. The highest BCUT2D eigenvalue weighted by molar-refractivity contribution is 6.05. The molecule has 0 fully saturated rings. The summed E-state index contributed by atoms with van der Waals surface area (Å²) < 4.78 is 0. The molecule has 6 heteroatoms. The topological polar surface area (TPSA) is 112 Å². The maximum Gasteiger partial charge on any atom is 0.255 e. The molecule has 0 aliphatic carbocycles. The number of anilines is 2. The molecule has 4 N–H and O–H groups in total. The first-order chi connectivity index (χ1) is 13.0. The number of nitrogens with one attached hydrogen (secondary N) is 1. The summed E-state index contributed by atoms with van der Waals surface area (Å²) in [5, 5.41) is 21.8. The average Bonchev–Trinajstić information content (AvgIpc) is 2.69. The van der Waals surface area contributed by atoms with Crippen LogP contribution in [0.5, 0.6) is 0 Å². The van der Waals surface area contributed by atoms with E-state index in [4.69, 9.17) is 5.73 Å². The molecule has 134 valence electrons. The van der Waals surface area contributed by atoms with Crippen molar-refractivity contribution < 1.29 is 9.90 Å². The number of benzene rings is 2. The number of hydrogen-bond acceptors (Lipinski definition) is 5. The number of nitrogen functional groups attached to an aromatic ring is 1. The molecule has 0 aliphatic rings. The second-order valence-electron chi connectivity index (χ2n) is 6.07. The summed E-state index contributed by atoms with van der Waals surface area (Å²) in [7, 11) is 0. The normalized spacial score (nSPS) is 11.4. The molecule has 0 spiro atoms. The largest absolute Gasteiger partial charge is 0.397 e. The molecular formula is C21H18N4O2. The van der Waals surface area contributed by atoms with E-state index in [0.29, 0.717) is 39.3 Å². The van der Waals surface area contributed by atoms with Crippen molar-refractivity contribution in [1.82, 2.24) is 4.98 Å². The Morgan fingerprint density at radius 1 is 1.22 bits per heavy atom. The van der Waals surface area contributed by atoms with Crippen LogP contribution in [0.1, 0.15) is 34.5 Å². The van der Waals surface area contributed by atoms with Crippen LogP contribution < -0.4 is 11.1 Å². The van der Waals surface area contributed by atoms with E-state index in [1.54, 1.807) is 67.7 Å². The van der Waals surface area contributed by atoms with Gasteiger partial charge in [0.1, 0.15) is 6.07 Å². The standard InChI is InChI=1S/C21H18N4O2/c1-13(26)17-10-16(11-22)20(24-12-17)14-6-8-15(9-7-14)21(27)25-19-5-3-2-4-18(19)23/h2-10,12-13,26H,23H2,1H3,(H,25,27). The summed E-state index contributed by atoms with van der Waals surface area (Å²) in [6, 6.07) is 17.5. The van der Waals surface area contributed by atoms with E-state index in [0.717, 1.165) is 0 Å². The Morgan fingerprint density at radius 3 is 2.56 bits per heavy atom. The number of nitriles is 1. The van der Waals surface area contributed by atoms with E-state index in [1.165, 1.54) is 0 Å². The molecule has 1 atom stereocenters. The number of rotatable bonds is 4. The molecule has 0 aliphatic heterocycles. The number of amides is 1. The summed E-state index contributed by atoms with van der Waals surface area (Å²) >= 11 is 0. The SMILES string of the molecule is CC(O)c1cnc(-c2ccc(C(=O)Nc3ccccc3N)cc2)c(C#N)c1. The number of hydrogen-bond donors (Lipinski definition) is 3. The minimum absolute atomic E-state index is 0.280. The van der Waals surface area contributed by atoms with Crippen LogP contribution >= 0.6 is 0 Å². The van der Waals surface area contributed by atoms with Gasteiger partial charge in [-0.25, -0.2) is 0 Å². The molecule has 2 aromatic carbocycles. The number of nitrogens with two attached hydrogens (primary N) is 1. The lowest BCUT2D eigenvalue weighted by atomic mass is 10.0. The highest BCUT2D eigenvalue weighted by Crippen LogP contribution is 2.25. The second kappa shape index (κ2) is 7.68. The van der Waals surface area contributed by atoms with Crippen LogP contribution in [-0.4, -0.2) is 16.0 Å². The van der Waals surface area contributed by atoms with Gasteiger partial charge in [0, 0.05) is 17.3 Å². The van der Waals surface area contributed by atoms with E-state index < -0.39 is 6.10 Å². The van der Waals surface area contributed by atoms with Crippen LogP contribution in [-0.2, 0) is 0 Å². The predicted molar refractivity (Wildman–Crippen MR) is 104 cm³/mol. The van der Waals surface area contributed by atoms with Gasteiger partial charge >= 0.3 is 0 Å². The fourth-order valence-electron chi connectivity index (χ4n) is 2.61. The Hall–Kier alpha value is -3.69. The van der Waals surface area contributed by atoms with Gasteiger partial charge < -0.3 is 16.2 Å². The molecule has 0 radical (unpaired) electrons. The third-order valence-electron chi connectivity index (χ3n) is 4.14. The van der Waals surface area contributed by atoms with Gasteiger partial charge in [0.15, 0.2) is 0 Å². The van der Waals surface area contributed by atoms with Gasteiger partial charge in [-0.05, 0) is 42.8 Å². The Bertz CT molecular complexity index is 1020. The van der Waals surface area contributed by atoms with Crippen LogP contribution in [0.3, 0.4) is 0 Å². The van der Waals surface area contributed by atoms with Gasteiger partial charge in [-0.1, -0.05) is 24.3 Å². The first-order valence-corrected chi connectivity index (χ1v) is 8.34. The average molecular weight is 358 g/mol. The number of carbonyl (C=O) groups is 1. The number of nitrogens with zero attached hydrogens (tertiary/aromatic N) is 2. The lowest BCUT2D eigenvalue weighted by Crippen LogP contribution is -2.13. The molecular weight excluding hydrogens is 340 g/mol. The zero-order chi connectivity index (χ0) is 19.4. The number of aliphatic hydroxyl groups excluding tert-OH is 1. The summed E-state index contributed by atoms with van der Waals surface area (Å²) in [6.45, 7) is 1.62. The van der Waals surface area contributed by atoms with E-state index in [2.05, 4.69) is 16.4 Å². The summed E-state index contributed by atoms with van der Waals surface area (Å²) in [5.41, 5.74) is 9.49. The second-order valence-corrected chi connectivity index (χ2v) is 6.07. The molecule has 0 saturated heterocycles. The Labute approximate surface area is 156 Å². The Kier molecular flexibility index (Phi) is 5.15. The minimum Gasteiger partial charge on any atom is -0.397 e. The number of carbonyl (C=O) groups excluding carboxylic acids is 1.